The highest BCUT2D eigenvalue weighted by Crippen LogP contribution is 2.18. The normalized spacial score (nSPS) is 13.8. The molecular formula is C22H32N3O3S+. The van der Waals surface area contributed by atoms with E-state index in [-0.39, 0.29) is 18.0 Å². The number of hydrogen-bond acceptors (Lipinski definition) is 3. The molecule has 1 amide bonds. The van der Waals surface area contributed by atoms with Crippen molar-refractivity contribution in [3.8, 4) is 0 Å². The molecule has 6 nitrogen and oxygen atoms in total. The summed E-state index contributed by atoms with van der Waals surface area (Å²) in [4.78, 5) is 12.6. The van der Waals surface area contributed by atoms with E-state index in [1.165, 1.54) is 4.31 Å². The molecule has 29 heavy (non-hydrogen) atoms. The van der Waals surface area contributed by atoms with Gasteiger partial charge in [0.05, 0.1) is 10.9 Å². The molecule has 0 fully saturated rings. The first kappa shape index (κ1) is 23.1. The Hall–Kier alpha value is -2.22. The van der Waals surface area contributed by atoms with Crippen molar-refractivity contribution in [1.82, 2.24) is 9.62 Å². The molecule has 2 aromatic carbocycles. The van der Waals surface area contributed by atoms with Gasteiger partial charge < -0.3 is 10.6 Å². The summed E-state index contributed by atoms with van der Waals surface area (Å²) in [5, 5.41) is 4.95. The van der Waals surface area contributed by atoms with Crippen LogP contribution in [0.25, 0.3) is 0 Å². The fraction of sp³-hybridized carbons (Fsp3) is 0.409. The molecule has 158 valence electrons. The maximum absolute atomic E-state index is 12.6. The number of nitrogens with two attached hydrogens (primary N) is 1. The molecule has 0 spiro atoms. The van der Waals surface area contributed by atoms with Crippen LogP contribution in [-0.2, 0) is 14.8 Å². The van der Waals surface area contributed by atoms with E-state index in [1.54, 1.807) is 12.1 Å². The van der Waals surface area contributed by atoms with Gasteiger partial charge in [-0.3, -0.25) is 4.79 Å². The molecule has 0 aliphatic heterocycles. The average molecular weight is 419 g/mol. The molecular weight excluding hydrogens is 386 g/mol. The van der Waals surface area contributed by atoms with E-state index < -0.39 is 10.0 Å². The van der Waals surface area contributed by atoms with Crippen molar-refractivity contribution in [3.05, 3.63) is 65.7 Å². The Labute approximate surface area is 174 Å². The molecule has 0 aliphatic rings. The quantitative estimate of drug-likeness (QED) is 0.621. The van der Waals surface area contributed by atoms with Crippen LogP contribution in [0.5, 0.6) is 0 Å². The second kappa shape index (κ2) is 10.5. The van der Waals surface area contributed by atoms with Crippen LogP contribution in [0, 0.1) is 0 Å². The summed E-state index contributed by atoms with van der Waals surface area (Å²) >= 11 is 0. The number of nitrogens with one attached hydrogen (secondary N) is 1. The predicted octanol–water partition coefficient (Wildman–Crippen LogP) is 2.22. The van der Waals surface area contributed by atoms with Crippen molar-refractivity contribution in [2.45, 2.75) is 44.7 Å². The number of benzene rings is 2. The van der Waals surface area contributed by atoms with Crippen molar-refractivity contribution in [3.63, 3.8) is 0 Å². The lowest BCUT2D eigenvalue weighted by atomic mass is 10.1. The average Bonchev–Trinajstić information content (AvgIpc) is 2.73. The smallest absolute Gasteiger partial charge is 0.275 e. The lowest BCUT2D eigenvalue weighted by molar-refractivity contribution is -0.682. The van der Waals surface area contributed by atoms with Crippen LogP contribution in [0.15, 0.2) is 59.5 Å². The van der Waals surface area contributed by atoms with Crippen LogP contribution in [0.4, 0.5) is 0 Å². The van der Waals surface area contributed by atoms with Crippen LogP contribution >= 0.6 is 0 Å². The van der Waals surface area contributed by atoms with E-state index in [0.29, 0.717) is 24.5 Å². The van der Waals surface area contributed by atoms with Crippen LogP contribution in [0.1, 0.15) is 50.9 Å². The van der Waals surface area contributed by atoms with Gasteiger partial charge in [-0.15, -0.1) is 0 Å². The highest BCUT2D eigenvalue weighted by molar-refractivity contribution is 7.89. The molecule has 0 radical (unpaired) electrons. The third-order valence-corrected chi connectivity index (χ3v) is 7.15. The summed E-state index contributed by atoms with van der Waals surface area (Å²) in [6, 6.07) is 16.8. The van der Waals surface area contributed by atoms with Gasteiger partial charge in [-0.25, -0.2) is 8.42 Å². The fourth-order valence-corrected chi connectivity index (χ4v) is 4.66. The first-order valence-electron chi connectivity index (χ1n) is 10.1. The van der Waals surface area contributed by atoms with Gasteiger partial charge in [-0.2, -0.15) is 4.31 Å². The SMILES string of the molecule is CCN(CC)S(=O)(=O)c1ccc([C@@H](C)[NH2+]CC(=O)N[C@H](C)c2ccccc2)cc1. The molecule has 0 saturated carbocycles. The molecule has 3 N–H and O–H groups in total. The van der Waals surface area contributed by atoms with Gasteiger partial charge in [0.1, 0.15) is 6.04 Å². The molecule has 0 heterocycles. The Morgan fingerprint density at radius 2 is 1.55 bits per heavy atom. The van der Waals surface area contributed by atoms with E-state index in [2.05, 4.69) is 5.32 Å². The van der Waals surface area contributed by atoms with Gasteiger partial charge in [-0.1, -0.05) is 56.3 Å². The third-order valence-electron chi connectivity index (χ3n) is 5.08. The van der Waals surface area contributed by atoms with E-state index in [4.69, 9.17) is 0 Å². The molecule has 2 aromatic rings. The maximum Gasteiger partial charge on any atom is 0.275 e. The van der Waals surface area contributed by atoms with Crippen LogP contribution in [0.3, 0.4) is 0 Å². The first-order valence-corrected chi connectivity index (χ1v) is 11.5. The largest absolute Gasteiger partial charge is 0.345 e. The third kappa shape index (κ3) is 6.13. The standard InChI is InChI=1S/C22H31N3O3S/c1-5-25(6-2)29(27,28)21-14-12-20(13-15-21)17(3)23-16-22(26)24-18(4)19-10-8-7-9-11-19/h7-15,17-18,23H,5-6,16H2,1-4H3,(H,24,26)/p+1/t17-,18-/m1/s1. The minimum Gasteiger partial charge on any atom is -0.345 e. The lowest BCUT2D eigenvalue weighted by Crippen LogP contribution is -2.87. The minimum absolute atomic E-state index is 0.0334. The van der Waals surface area contributed by atoms with Crippen LogP contribution in [-0.4, -0.2) is 38.3 Å². The predicted molar refractivity (Wildman–Crippen MR) is 115 cm³/mol. The number of rotatable bonds is 10. The fourth-order valence-electron chi connectivity index (χ4n) is 3.20. The summed E-state index contributed by atoms with van der Waals surface area (Å²) < 4.78 is 26.6. The van der Waals surface area contributed by atoms with E-state index in [9.17, 15) is 13.2 Å². The Morgan fingerprint density at radius 3 is 2.10 bits per heavy atom. The molecule has 0 aliphatic carbocycles. The number of hydrogen-bond donors (Lipinski definition) is 2. The van der Waals surface area contributed by atoms with Gasteiger partial charge in [0.15, 0.2) is 6.54 Å². The molecule has 7 heteroatoms. The van der Waals surface area contributed by atoms with Gasteiger partial charge in [-0.05, 0) is 31.5 Å². The number of nitrogens with zero attached hydrogens (tertiary/aromatic N) is 1. The number of sulfonamides is 1. The molecule has 0 unspecified atom stereocenters. The highest BCUT2D eigenvalue weighted by Gasteiger charge is 2.22. The Bertz CT molecular complexity index is 879. The summed E-state index contributed by atoms with van der Waals surface area (Å²) in [5.74, 6) is -0.0334. The topological polar surface area (TPSA) is 83.1 Å². The highest BCUT2D eigenvalue weighted by atomic mass is 32.2. The lowest BCUT2D eigenvalue weighted by Gasteiger charge is -2.19. The molecule has 0 bridgehead atoms. The van der Waals surface area contributed by atoms with Crippen molar-refractivity contribution in [1.29, 1.82) is 0 Å². The van der Waals surface area contributed by atoms with Crippen molar-refractivity contribution in [2.75, 3.05) is 19.6 Å². The van der Waals surface area contributed by atoms with E-state index in [1.807, 2.05) is 75.5 Å². The molecule has 2 rings (SSSR count). The molecule has 0 saturated heterocycles. The summed E-state index contributed by atoms with van der Waals surface area (Å²) in [7, 11) is -3.45. The van der Waals surface area contributed by atoms with Gasteiger partial charge >= 0.3 is 0 Å². The first-order chi connectivity index (χ1) is 13.8. The Kier molecular flexibility index (Phi) is 8.37. The summed E-state index contributed by atoms with van der Waals surface area (Å²) in [6.45, 7) is 8.82. The van der Waals surface area contributed by atoms with Crippen molar-refractivity contribution >= 4 is 15.9 Å². The second-order valence-electron chi connectivity index (χ2n) is 7.09. The van der Waals surface area contributed by atoms with Crippen molar-refractivity contribution < 1.29 is 18.5 Å². The Morgan fingerprint density at radius 1 is 0.966 bits per heavy atom. The van der Waals surface area contributed by atoms with E-state index >= 15 is 0 Å². The van der Waals surface area contributed by atoms with Crippen LogP contribution in [0.2, 0.25) is 0 Å². The maximum atomic E-state index is 12.6. The number of carbonyl (C=O) groups excluding carboxylic acids is 1. The minimum atomic E-state index is -3.45. The number of amides is 1. The summed E-state index contributed by atoms with van der Waals surface area (Å²) in [6.07, 6.45) is 0. The number of quaternary nitrogens is 1. The number of carbonyl (C=O) groups is 1. The zero-order valence-corrected chi connectivity index (χ0v) is 18.4. The molecule has 2 atom stereocenters. The molecule has 0 aromatic heterocycles. The van der Waals surface area contributed by atoms with Crippen molar-refractivity contribution in [2.24, 2.45) is 0 Å². The van der Waals surface area contributed by atoms with Gasteiger partial charge in [0.2, 0.25) is 10.0 Å². The van der Waals surface area contributed by atoms with Gasteiger partial charge in [0, 0.05) is 18.7 Å². The second-order valence-corrected chi connectivity index (χ2v) is 9.02. The monoisotopic (exact) mass is 418 g/mol. The Balaban J connectivity index is 1.92. The van der Waals surface area contributed by atoms with Crippen LogP contribution < -0.4 is 10.6 Å². The summed E-state index contributed by atoms with van der Waals surface area (Å²) in [5.41, 5.74) is 2.05. The van der Waals surface area contributed by atoms with Gasteiger partial charge in [0.25, 0.3) is 5.91 Å². The van der Waals surface area contributed by atoms with E-state index in [0.717, 1.165) is 11.1 Å². The zero-order valence-electron chi connectivity index (χ0n) is 17.6. The zero-order chi connectivity index (χ0) is 21.4.